The largest absolute Gasteiger partial charge is 0.484 e. The van der Waals surface area contributed by atoms with E-state index in [1.165, 1.54) is 18.9 Å². The Morgan fingerprint density at radius 3 is 2.56 bits per heavy atom. The number of carbonyl (C=O) groups is 2. The molecule has 6 heteroatoms. The first-order valence-electron chi connectivity index (χ1n) is 9.11. The number of carbonyl (C=O) groups excluding carboxylic acids is 2. The Balaban J connectivity index is 1.29. The fourth-order valence-electron chi connectivity index (χ4n) is 4.14. The average Bonchev–Trinajstić information content (AvgIpc) is 3.20. The van der Waals surface area contributed by atoms with Crippen molar-refractivity contribution in [2.75, 3.05) is 19.6 Å². The SMILES string of the molecule is O=C([C@@H]1CC(=O)N(C2CCCC2)C1)N1CC(Oc2ccccc2F)C1. The number of halogens is 1. The summed E-state index contributed by atoms with van der Waals surface area (Å²) in [4.78, 5) is 28.5. The van der Waals surface area contributed by atoms with E-state index in [1.807, 2.05) is 4.90 Å². The molecule has 1 aromatic rings. The van der Waals surface area contributed by atoms with Crippen molar-refractivity contribution in [3.63, 3.8) is 0 Å². The molecule has 3 aliphatic rings. The predicted molar refractivity (Wildman–Crippen MR) is 89.5 cm³/mol. The molecule has 2 aliphatic heterocycles. The molecule has 2 heterocycles. The second kappa shape index (κ2) is 6.65. The molecule has 134 valence electrons. The second-order valence-corrected chi connectivity index (χ2v) is 7.30. The molecule has 1 saturated carbocycles. The highest BCUT2D eigenvalue weighted by Crippen LogP contribution is 2.31. The monoisotopic (exact) mass is 346 g/mol. The average molecular weight is 346 g/mol. The molecular weight excluding hydrogens is 323 g/mol. The van der Waals surface area contributed by atoms with Crippen LogP contribution in [0.15, 0.2) is 24.3 Å². The molecule has 0 radical (unpaired) electrons. The van der Waals surface area contributed by atoms with Gasteiger partial charge in [-0.1, -0.05) is 25.0 Å². The molecule has 1 aliphatic carbocycles. The van der Waals surface area contributed by atoms with Gasteiger partial charge < -0.3 is 14.5 Å². The van der Waals surface area contributed by atoms with Gasteiger partial charge in [-0.3, -0.25) is 9.59 Å². The van der Waals surface area contributed by atoms with Gasteiger partial charge in [-0.2, -0.15) is 0 Å². The van der Waals surface area contributed by atoms with Crippen LogP contribution in [0.2, 0.25) is 0 Å². The van der Waals surface area contributed by atoms with Crippen molar-refractivity contribution in [2.45, 2.75) is 44.2 Å². The van der Waals surface area contributed by atoms with E-state index in [2.05, 4.69) is 0 Å². The maximum Gasteiger partial charge on any atom is 0.228 e. The molecule has 2 saturated heterocycles. The van der Waals surface area contributed by atoms with E-state index in [1.54, 1.807) is 23.1 Å². The minimum Gasteiger partial charge on any atom is -0.484 e. The van der Waals surface area contributed by atoms with Gasteiger partial charge >= 0.3 is 0 Å². The number of ether oxygens (including phenoxy) is 1. The zero-order valence-electron chi connectivity index (χ0n) is 14.2. The Kier molecular flexibility index (Phi) is 4.36. The topological polar surface area (TPSA) is 49.9 Å². The highest BCUT2D eigenvalue weighted by molar-refractivity contribution is 5.89. The number of para-hydroxylation sites is 1. The van der Waals surface area contributed by atoms with E-state index >= 15 is 0 Å². The summed E-state index contributed by atoms with van der Waals surface area (Å²) in [6.07, 6.45) is 4.63. The Morgan fingerprint density at radius 2 is 1.84 bits per heavy atom. The third-order valence-corrected chi connectivity index (χ3v) is 5.56. The lowest BCUT2D eigenvalue weighted by Crippen LogP contribution is -2.58. The van der Waals surface area contributed by atoms with E-state index in [-0.39, 0.29) is 35.4 Å². The molecule has 3 fully saturated rings. The first-order chi connectivity index (χ1) is 12.1. The van der Waals surface area contributed by atoms with Crippen LogP contribution in [-0.2, 0) is 9.59 Å². The fourth-order valence-corrected chi connectivity index (χ4v) is 4.14. The first-order valence-corrected chi connectivity index (χ1v) is 9.11. The lowest BCUT2D eigenvalue weighted by atomic mass is 10.0. The predicted octanol–water partition coefficient (Wildman–Crippen LogP) is 2.21. The fraction of sp³-hybridized carbons (Fsp3) is 0.579. The van der Waals surface area contributed by atoms with Crippen molar-refractivity contribution in [2.24, 2.45) is 5.92 Å². The van der Waals surface area contributed by atoms with E-state index in [0.29, 0.717) is 32.1 Å². The molecule has 0 aromatic heterocycles. The van der Waals surface area contributed by atoms with Crippen molar-refractivity contribution in [1.82, 2.24) is 9.80 Å². The van der Waals surface area contributed by atoms with Crippen LogP contribution in [0, 0.1) is 11.7 Å². The van der Waals surface area contributed by atoms with Gasteiger partial charge in [0.15, 0.2) is 11.6 Å². The summed E-state index contributed by atoms with van der Waals surface area (Å²) in [5.74, 6) is -0.251. The minimum absolute atomic E-state index is 0.0298. The van der Waals surface area contributed by atoms with Gasteiger partial charge in [0.05, 0.1) is 19.0 Å². The van der Waals surface area contributed by atoms with Crippen LogP contribution in [0.25, 0.3) is 0 Å². The Labute approximate surface area is 146 Å². The molecule has 1 atom stereocenters. The number of hydrogen-bond acceptors (Lipinski definition) is 3. The molecule has 0 unspecified atom stereocenters. The third-order valence-electron chi connectivity index (χ3n) is 5.56. The molecule has 5 nitrogen and oxygen atoms in total. The summed E-state index contributed by atoms with van der Waals surface area (Å²) in [7, 11) is 0. The van der Waals surface area contributed by atoms with Crippen LogP contribution in [0.5, 0.6) is 5.75 Å². The van der Waals surface area contributed by atoms with Crippen LogP contribution in [0.1, 0.15) is 32.1 Å². The highest BCUT2D eigenvalue weighted by Gasteiger charge is 2.43. The van der Waals surface area contributed by atoms with Crippen molar-refractivity contribution >= 4 is 11.8 Å². The third kappa shape index (κ3) is 3.22. The molecule has 2 amide bonds. The van der Waals surface area contributed by atoms with Crippen molar-refractivity contribution in [3.05, 3.63) is 30.1 Å². The van der Waals surface area contributed by atoms with Gasteiger partial charge in [-0.25, -0.2) is 4.39 Å². The maximum atomic E-state index is 13.6. The molecule has 1 aromatic carbocycles. The molecule has 25 heavy (non-hydrogen) atoms. The standard InChI is InChI=1S/C19H23FN2O3/c20-16-7-3-4-8-17(16)25-15-11-21(12-15)19(24)13-9-18(23)22(10-13)14-5-1-2-6-14/h3-4,7-8,13-15H,1-2,5-6,9-12H2/t13-/m1/s1. The smallest absolute Gasteiger partial charge is 0.228 e. The Morgan fingerprint density at radius 1 is 1.12 bits per heavy atom. The van der Waals surface area contributed by atoms with E-state index < -0.39 is 0 Å². The van der Waals surface area contributed by atoms with Crippen LogP contribution in [0.4, 0.5) is 4.39 Å². The van der Waals surface area contributed by atoms with Gasteiger partial charge in [-0.05, 0) is 25.0 Å². The van der Waals surface area contributed by atoms with Gasteiger partial charge in [-0.15, -0.1) is 0 Å². The van der Waals surface area contributed by atoms with Gasteiger partial charge in [0.25, 0.3) is 0 Å². The summed E-state index contributed by atoms with van der Waals surface area (Å²) in [6.45, 7) is 1.47. The Hall–Kier alpha value is -2.11. The summed E-state index contributed by atoms with van der Waals surface area (Å²) in [6, 6.07) is 6.63. The van der Waals surface area contributed by atoms with Crippen LogP contribution >= 0.6 is 0 Å². The molecular formula is C19H23FN2O3. The molecule has 0 bridgehead atoms. The molecule has 0 N–H and O–H groups in total. The normalized spacial score (nSPS) is 24.7. The maximum absolute atomic E-state index is 13.6. The summed E-state index contributed by atoms with van der Waals surface area (Å²) in [5.41, 5.74) is 0. The number of nitrogens with zero attached hydrogens (tertiary/aromatic N) is 2. The number of likely N-dealkylation sites (tertiary alicyclic amines) is 2. The van der Waals surface area contributed by atoms with Crippen molar-refractivity contribution in [1.29, 1.82) is 0 Å². The van der Waals surface area contributed by atoms with Crippen molar-refractivity contribution < 1.29 is 18.7 Å². The lowest BCUT2D eigenvalue weighted by molar-refractivity contribution is -0.144. The van der Waals surface area contributed by atoms with E-state index in [4.69, 9.17) is 4.74 Å². The quantitative estimate of drug-likeness (QED) is 0.840. The van der Waals surface area contributed by atoms with E-state index in [9.17, 15) is 14.0 Å². The summed E-state index contributed by atoms with van der Waals surface area (Å²) >= 11 is 0. The molecule has 0 spiro atoms. The van der Waals surface area contributed by atoms with E-state index in [0.717, 1.165) is 12.8 Å². The first kappa shape index (κ1) is 16.4. The summed E-state index contributed by atoms with van der Waals surface area (Å²) in [5, 5.41) is 0. The van der Waals surface area contributed by atoms with Crippen LogP contribution in [0.3, 0.4) is 0 Å². The highest BCUT2D eigenvalue weighted by atomic mass is 19.1. The van der Waals surface area contributed by atoms with Crippen LogP contribution < -0.4 is 4.74 Å². The Bertz CT molecular complexity index is 668. The lowest BCUT2D eigenvalue weighted by Gasteiger charge is -2.40. The minimum atomic E-state index is -0.388. The van der Waals surface area contributed by atoms with Gasteiger partial charge in [0.2, 0.25) is 11.8 Å². The van der Waals surface area contributed by atoms with Gasteiger partial charge in [0.1, 0.15) is 6.10 Å². The summed E-state index contributed by atoms with van der Waals surface area (Å²) < 4.78 is 19.2. The van der Waals surface area contributed by atoms with Crippen LogP contribution in [-0.4, -0.2) is 53.4 Å². The zero-order valence-corrected chi connectivity index (χ0v) is 14.2. The zero-order chi connectivity index (χ0) is 17.4. The van der Waals surface area contributed by atoms with Crippen molar-refractivity contribution in [3.8, 4) is 5.75 Å². The molecule has 4 rings (SSSR count). The number of hydrogen-bond donors (Lipinski definition) is 0. The second-order valence-electron chi connectivity index (χ2n) is 7.30. The number of benzene rings is 1. The number of rotatable bonds is 4. The van der Waals surface area contributed by atoms with Gasteiger partial charge in [0, 0.05) is 19.0 Å². The number of amides is 2.